The molecule has 2 aliphatic heterocycles. The van der Waals surface area contributed by atoms with Crippen molar-refractivity contribution in [1.82, 2.24) is 10.2 Å². The Morgan fingerprint density at radius 2 is 1.76 bits per heavy atom. The second kappa shape index (κ2) is 8.66. The van der Waals surface area contributed by atoms with E-state index in [0.717, 1.165) is 26.1 Å². The maximum atomic E-state index is 12.4. The van der Waals surface area contributed by atoms with E-state index in [-0.39, 0.29) is 6.04 Å². The molecule has 0 aromatic heterocycles. The number of rotatable bonds is 5. The van der Waals surface area contributed by atoms with Crippen molar-refractivity contribution in [2.45, 2.75) is 25.3 Å². The number of fused-ring (bicyclic) bond motifs is 1. The average Bonchev–Trinajstić information content (AvgIpc) is 3.39. The van der Waals surface area contributed by atoms with E-state index in [1.807, 2.05) is 18.2 Å². The molecule has 2 aromatic carbocycles. The Bertz CT molecular complexity index is 878. The molecule has 6 heteroatoms. The van der Waals surface area contributed by atoms with Crippen molar-refractivity contribution in [1.29, 1.82) is 0 Å². The second-order valence-corrected chi connectivity index (χ2v) is 7.85. The number of amides is 2. The maximum Gasteiger partial charge on any atom is 0.313 e. The first kappa shape index (κ1) is 19.5. The summed E-state index contributed by atoms with van der Waals surface area (Å²) in [5, 5.41) is 5.50. The Morgan fingerprint density at radius 3 is 2.52 bits per heavy atom. The third-order valence-corrected chi connectivity index (χ3v) is 5.89. The molecule has 0 saturated carbocycles. The molecular weight excluding hydrogens is 364 g/mol. The van der Waals surface area contributed by atoms with E-state index in [2.05, 4.69) is 45.7 Å². The van der Waals surface area contributed by atoms with Crippen LogP contribution in [0.2, 0.25) is 0 Å². The normalized spacial score (nSPS) is 17.1. The Labute approximate surface area is 171 Å². The van der Waals surface area contributed by atoms with E-state index >= 15 is 0 Å². The summed E-state index contributed by atoms with van der Waals surface area (Å²) in [6.45, 7) is 3.51. The van der Waals surface area contributed by atoms with Gasteiger partial charge < -0.3 is 15.5 Å². The predicted octanol–water partition coefficient (Wildman–Crippen LogP) is 2.57. The first-order valence-corrected chi connectivity index (χ1v) is 10.3. The van der Waals surface area contributed by atoms with Gasteiger partial charge in [0.2, 0.25) is 0 Å². The number of nitrogens with one attached hydrogen (secondary N) is 2. The van der Waals surface area contributed by atoms with Crippen LogP contribution in [-0.2, 0) is 16.0 Å². The number of hydrogen-bond acceptors (Lipinski definition) is 4. The van der Waals surface area contributed by atoms with Crippen LogP contribution >= 0.6 is 0 Å². The van der Waals surface area contributed by atoms with Crippen LogP contribution in [-0.4, -0.2) is 49.9 Å². The number of hydrogen-bond donors (Lipinski definition) is 2. The minimum Gasteiger partial charge on any atom is -0.374 e. The highest BCUT2D eigenvalue weighted by molar-refractivity contribution is 6.39. The predicted molar refractivity (Wildman–Crippen MR) is 115 cm³/mol. The quantitative estimate of drug-likeness (QED) is 0.768. The third kappa shape index (κ3) is 4.43. The van der Waals surface area contributed by atoms with Crippen molar-refractivity contribution in [2.24, 2.45) is 0 Å². The molecule has 2 aromatic rings. The van der Waals surface area contributed by atoms with Crippen LogP contribution in [0.25, 0.3) is 0 Å². The molecule has 1 fully saturated rings. The van der Waals surface area contributed by atoms with Gasteiger partial charge in [0.05, 0.1) is 6.04 Å². The summed E-state index contributed by atoms with van der Waals surface area (Å²) < 4.78 is 0. The van der Waals surface area contributed by atoms with Gasteiger partial charge in [-0.05, 0) is 61.7 Å². The van der Waals surface area contributed by atoms with Crippen molar-refractivity contribution < 1.29 is 9.59 Å². The van der Waals surface area contributed by atoms with Crippen LogP contribution in [0.4, 0.5) is 11.4 Å². The summed E-state index contributed by atoms with van der Waals surface area (Å²) in [4.78, 5) is 29.3. The standard InChI is InChI=1S/C23H28N4O2/c1-26-14-11-18-15-17(9-10-20(18)26)21(27-12-5-6-13-27)16-24-22(28)23(29)25-19-7-3-2-4-8-19/h2-4,7-10,15,21H,5-6,11-14,16H2,1H3,(H,24,28)(H,25,29). The SMILES string of the molecule is CN1CCc2cc(C(CNC(=O)C(=O)Nc3ccccc3)N3CCCC3)ccc21. The van der Waals surface area contributed by atoms with E-state index in [1.165, 1.54) is 29.7 Å². The molecule has 2 N–H and O–H groups in total. The summed E-state index contributed by atoms with van der Waals surface area (Å²) in [7, 11) is 2.12. The number of carbonyl (C=O) groups is 2. The van der Waals surface area contributed by atoms with Gasteiger partial charge in [0.15, 0.2) is 0 Å². The number of likely N-dealkylation sites (N-methyl/N-ethyl adjacent to an activating group) is 1. The number of para-hydroxylation sites is 1. The first-order chi connectivity index (χ1) is 14.1. The number of carbonyl (C=O) groups excluding carboxylic acids is 2. The molecule has 0 bridgehead atoms. The molecule has 1 atom stereocenters. The zero-order valence-electron chi connectivity index (χ0n) is 16.9. The summed E-state index contributed by atoms with van der Waals surface area (Å²) in [6.07, 6.45) is 3.40. The van der Waals surface area contributed by atoms with Crippen molar-refractivity contribution >= 4 is 23.2 Å². The first-order valence-electron chi connectivity index (χ1n) is 10.3. The van der Waals surface area contributed by atoms with Crippen molar-refractivity contribution in [3.8, 4) is 0 Å². The van der Waals surface area contributed by atoms with Crippen molar-refractivity contribution in [2.75, 3.05) is 43.4 Å². The summed E-state index contributed by atoms with van der Waals surface area (Å²) >= 11 is 0. The Balaban J connectivity index is 1.44. The van der Waals surface area contributed by atoms with Gasteiger partial charge in [0.25, 0.3) is 0 Å². The lowest BCUT2D eigenvalue weighted by molar-refractivity contribution is -0.136. The molecule has 4 rings (SSSR count). The Hall–Kier alpha value is -2.86. The molecule has 2 aliphatic rings. The Kier molecular flexibility index (Phi) is 5.81. The van der Waals surface area contributed by atoms with Crippen LogP contribution in [0, 0.1) is 0 Å². The largest absolute Gasteiger partial charge is 0.374 e. The number of anilines is 2. The number of nitrogens with zero attached hydrogens (tertiary/aromatic N) is 2. The summed E-state index contributed by atoms with van der Waals surface area (Å²) in [6, 6.07) is 15.7. The average molecular weight is 393 g/mol. The molecular formula is C23H28N4O2. The lowest BCUT2D eigenvalue weighted by atomic mass is 10.0. The molecule has 0 radical (unpaired) electrons. The lowest BCUT2D eigenvalue weighted by Gasteiger charge is -2.28. The van der Waals surface area contributed by atoms with Gasteiger partial charge in [-0.25, -0.2) is 0 Å². The fourth-order valence-electron chi connectivity index (χ4n) is 4.28. The molecule has 152 valence electrons. The van der Waals surface area contributed by atoms with Crippen LogP contribution < -0.4 is 15.5 Å². The topological polar surface area (TPSA) is 64.7 Å². The minimum atomic E-state index is -0.632. The molecule has 0 spiro atoms. The molecule has 2 amide bonds. The van der Waals surface area contributed by atoms with E-state index < -0.39 is 11.8 Å². The minimum absolute atomic E-state index is 0.0854. The van der Waals surface area contributed by atoms with Gasteiger partial charge in [0, 0.05) is 31.5 Å². The highest BCUT2D eigenvalue weighted by Gasteiger charge is 2.27. The molecule has 2 heterocycles. The zero-order valence-corrected chi connectivity index (χ0v) is 16.9. The van der Waals surface area contributed by atoms with Crippen molar-refractivity contribution in [3.63, 3.8) is 0 Å². The summed E-state index contributed by atoms with van der Waals surface area (Å²) in [5.74, 6) is -1.23. The fourth-order valence-corrected chi connectivity index (χ4v) is 4.28. The zero-order chi connectivity index (χ0) is 20.2. The van der Waals surface area contributed by atoms with Gasteiger partial charge in [-0.15, -0.1) is 0 Å². The van der Waals surface area contributed by atoms with Gasteiger partial charge in [0.1, 0.15) is 0 Å². The van der Waals surface area contributed by atoms with E-state index in [0.29, 0.717) is 12.2 Å². The van der Waals surface area contributed by atoms with Crippen LogP contribution in [0.15, 0.2) is 48.5 Å². The fraction of sp³-hybridized carbons (Fsp3) is 0.391. The molecule has 1 unspecified atom stereocenters. The van der Waals surface area contributed by atoms with Crippen LogP contribution in [0.5, 0.6) is 0 Å². The Morgan fingerprint density at radius 1 is 1.00 bits per heavy atom. The van der Waals surface area contributed by atoms with Gasteiger partial charge in [-0.3, -0.25) is 14.5 Å². The molecule has 29 heavy (non-hydrogen) atoms. The highest BCUT2D eigenvalue weighted by Crippen LogP contribution is 2.32. The van der Waals surface area contributed by atoms with Crippen LogP contribution in [0.3, 0.4) is 0 Å². The van der Waals surface area contributed by atoms with Crippen LogP contribution in [0.1, 0.15) is 30.0 Å². The van der Waals surface area contributed by atoms with Gasteiger partial charge in [-0.1, -0.05) is 30.3 Å². The smallest absolute Gasteiger partial charge is 0.313 e. The number of benzene rings is 2. The second-order valence-electron chi connectivity index (χ2n) is 7.85. The van der Waals surface area contributed by atoms with E-state index in [1.54, 1.807) is 12.1 Å². The lowest BCUT2D eigenvalue weighted by Crippen LogP contribution is -2.41. The summed E-state index contributed by atoms with van der Waals surface area (Å²) in [5.41, 5.74) is 4.48. The highest BCUT2D eigenvalue weighted by atomic mass is 16.2. The van der Waals surface area contributed by atoms with Gasteiger partial charge >= 0.3 is 11.8 Å². The van der Waals surface area contributed by atoms with Crippen molar-refractivity contribution in [3.05, 3.63) is 59.7 Å². The third-order valence-electron chi connectivity index (χ3n) is 5.89. The van der Waals surface area contributed by atoms with E-state index in [4.69, 9.17) is 0 Å². The molecule has 0 aliphatic carbocycles. The van der Waals surface area contributed by atoms with Gasteiger partial charge in [-0.2, -0.15) is 0 Å². The maximum absolute atomic E-state index is 12.4. The van der Waals surface area contributed by atoms with E-state index in [9.17, 15) is 9.59 Å². The molecule has 6 nitrogen and oxygen atoms in total. The number of likely N-dealkylation sites (tertiary alicyclic amines) is 1. The monoisotopic (exact) mass is 392 g/mol. The molecule has 1 saturated heterocycles.